The zero-order valence-electron chi connectivity index (χ0n) is 62.0. The molecule has 9 nitrogen and oxygen atoms in total. The zero-order valence-corrected chi connectivity index (χ0v) is 62.0. The minimum atomic E-state index is -1.52. The zero-order chi connectivity index (χ0) is 69.0. The minimum absolute atomic E-state index is 0.182. The van der Waals surface area contributed by atoms with Crippen LogP contribution in [0.5, 0.6) is 0 Å². The van der Waals surface area contributed by atoms with Crippen molar-refractivity contribution in [2.24, 2.45) is 0 Å². The molecule has 0 saturated heterocycles. The highest BCUT2D eigenvalue weighted by atomic mass is 16.7. The number of carbonyl (C=O) groups is 3. The standard InChI is InChI=1S/C86H145NO8/c1-6-8-10-12-14-16-18-20-22-24-26-28-30-32-34-36-38-39-40-41-42-43-44-45-47-49-51-53-55-57-59-61-63-65-67-69-71-73-75-77-84(89)95-82(81-94-86(85(90)91)92-79-78-87(3,4)5)80-93-83(88)76-74-72-70-68-66-64-62-60-58-56-54-52-50-48-46-37-35-33-31-29-27-25-23-21-19-17-15-13-11-9-7-2/h8,10,14,16,19-22,25-28,31-34,38-39,41-42,44-45,49,51,82,86H,6-7,9,11-13,15,17-18,23-24,29-30,35-37,40,43,46-48,50,52-81H2,1-5H3/p+1/b10-8-,16-14-,21-19-,22-20-,27-25-,28-26-,33-31-,34-32-,39-38-,42-41-,45-44-,51-49-. The summed E-state index contributed by atoms with van der Waals surface area (Å²) in [7, 11) is 5.98. The van der Waals surface area contributed by atoms with Gasteiger partial charge >= 0.3 is 17.9 Å². The van der Waals surface area contributed by atoms with Gasteiger partial charge in [0.15, 0.2) is 6.10 Å². The van der Waals surface area contributed by atoms with Gasteiger partial charge in [-0.05, 0) is 122 Å². The summed E-state index contributed by atoms with van der Waals surface area (Å²) in [5, 5.41) is 9.77. The van der Waals surface area contributed by atoms with E-state index in [9.17, 15) is 19.5 Å². The van der Waals surface area contributed by atoms with E-state index in [1.807, 2.05) is 21.1 Å². The number of hydrogen-bond acceptors (Lipinski definition) is 7. The molecule has 0 amide bonds. The van der Waals surface area contributed by atoms with Gasteiger partial charge < -0.3 is 28.5 Å². The molecule has 0 aromatic carbocycles. The van der Waals surface area contributed by atoms with Crippen LogP contribution in [0.4, 0.5) is 0 Å². The summed E-state index contributed by atoms with van der Waals surface area (Å²) in [4.78, 5) is 37.7. The summed E-state index contributed by atoms with van der Waals surface area (Å²) in [6.45, 7) is 4.77. The van der Waals surface area contributed by atoms with Gasteiger partial charge in [0.05, 0.1) is 34.4 Å². The van der Waals surface area contributed by atoms with Crippen molar-refractivity contribution >= 4 is 17.9 Å². The molecule has 542 valence electrons. The van der Waals surface area contributed by atoms with Crippen LogP contribution in [0.3, 0.4) is 0 Å². The number of carboxylic acid groups (broad SMARTS) is 1. The van der Waals surface area contributed by atoms with E-state index in [0.29, 0.717) is 23.9 Å². The van der Waals surface area contributed by atoms with Gasteiger partial charge in [0.2, 0.25) is 0 Å². The third-order valence-electron chi connectivity index (χ3n) is 16.6. The first-order chi connectivity index (χ1) is 46.6. The Morgan fingerprint density at radius 2 is 0.600 bits per heavy atom. The van der Waals surface area contributed by atoms with Gasteiger partial charge in [-0.25, -0.2) is 4.79 Å². The van der Waals surface area contributed by atoms with E-state index in [1.54, 1.807) is 0 Å². The Morgan fingerprint density at radius 3 is 0.895 bits per heavy atom. The first-order valence-corrected chi connectivity index (χ1v) is 39.0. The lowest BCUT2D eigenvalue weighted by molar-refractivity contribution is -0.870. The molecule has 0 heterocycles. The molecule has 95 heavy (non-hydrogen) atoms. The van der Waals surface area contributed by atoms with Crippen LogP contribution >= 0.6 is 0 Å². The largest absolute Gasteiger partial charge is 0.477 e. The van der Waals surface area contributed by atoms with Crippen molar-refractivity contribution in [3.63, 3.8) is 0 Å². The van der Waals surface area contributed by atoms with Crippen LogP contribution in [0.25, 0.3) is 0 Å². The van der Waals surface area contributed by atoms with Crippen LogP contribution in [-0.2, 0) is 33.3 Å². The number of quaternary nitrogens is 1. The van der Waals surface area contributed by atoms with Crippen molar-refractivity contribution < 1.29 is 42.9 Å². The molecule has 2 atom stereocenters. The van der Waals surface area contributed by atoms with Gasteiger partial charge in [0.1, 0.15) is 13.2 Å². The van der Waals surface area contributed by atoms with E-state index >= 15 is 0 Å². The molecule has 0 aliphatic carbocycles. The Hall–Kier alpha value is -4.83. The maximum Gasteiger partial charge on any atom is 0.361 e. The molecule has 0 aliphatic rings. The summed E-state index contributed by atoms with van der Waals surface area (Å²) in [5.74, 6) is -2.01. The molecule has 1 N–H and O–H groups in total. The molecule has 0 spiro atoms. The smallest absolute Gasteiger partial charge is 0.361 e. The first kappa shape index (κ1) is 90.2. The van der Waals surface area contributed by atoms with Crippen LogP contribution in [0, 0.1) is 0 Å². The summed E-state index contributed by atoms with van der Waals surface area (Å²) in [6, 6.07) is 0. The maximum atomic E-state index is 13.0. The summed E-state index contributed by atoms with van der Waals surface area (Å²) in [6.07, 6.45) is 107. The van der Waals surface area contributed by atoms with Crippen molar-refractivity contribution in [1.29, 1.82) is 0 Å². The fraction of sp³-hybridized carbons (Fsp3) is 0.686. The Kier molecular flexibility index (Phi) is 71.1. The Bertz CT molecular complexity index is 2080. The Morgan fingerprint density at radius 1 is 0.326 bits per heavy atom. The topological polar surface area (TPSA) is 108 Å². The molecule has 0 aromatic rings. The molecule has 0 fully saturated rings. The molecule has 0 bridgehead atoms. The van der Waals surface area contributed by atoms with Gasteiger partial charge in [-0.2, -0.15) is 0 Å². The number of likely N-dealkylation sites (N-methyl/N-ethyl adjacent to an activating group) is 1. The van der Waals surface area contributed by atoms with E-state index in [-0.39, 0.29) is 32.2 Å². The molecule has 0 radical (unpaired) electrons. The van der Waals surface area contributed by atoms with Gasteiger partial charge in [-0.1, -0.05) is 333 Å². The lowest BCUT2D eigenvalue weighted by Crippen LogP contribution is -2.40. The van der Waals surface area contributed by atoms with Crippen molar-refractivity contribution in [3.05, 3.63) is 146 Å². The van der Waals surface area contributed by atoms with Crippen molar-refractivity contribution in [1.82, 2.24) is 0 Å². The predicted octanol–water partition coefficient (Wildman–Crippen LogP) is 25.0. The highest BCUT2D eigenvalue weighted by Gasteiger charge is 2.25. The minimum Gasteiger partial charge on any atom is -0.477 e. The molecule has 2 unspecified atom stereocenters. The fourth-order valence-electron chi connectivity index (χ4n) is 10.7. The number of hydrogen-bond donors (Lipinski definition) is 1. The highest BCUT2D eigenvalue weighted by molar-refractivity contribution is 5.71. The number of allylic oxidation sites excluding steroid dienone is 24. The number of esters is 2. The molecule has 0 aliphatic heterocycles. The average Bonchev–Trinajstić information content (AvgIpc) is 2.92. The lowest BCUT2D eigenvalue weighted by Gasteiger charge is -2.25. The third kappa shape index (κ3) is 76.4. The molecular formula is C86H146NO8+. The Labute approximate surface area is 585 Å². The van der Waals surface area contributed by atoms with Crippen molar-refractivity contribution in [2.45, 2.75) is 334 Å². The average molecular weight is 1320 g/mol. The monoisotopic (exact) mass is 1320 g/mol. The van der Waals surface area contributed by atoms with Crippen LogP contribution in [0.1, 0.15) is 322 Å². The molecule has 0 rings (SSSR count). The second-order valence-corrected chi connectivity index (χ2v) is 26.9. The third-order valence-corrected chi connectivity index (χ3v) is 16.6. The molecule has 0 aromatic heterocycles. The second kappa shape index (κ2) is 75.0. The number of aliphatic carboxylic acids is 1. The summed E-state index contributed by atoms with van der Waals surface area (Å²) < 4.78 is 23.0. The normalized spacial score (nSPS) is 13.5. The van der Waals surface area contributed by atoms with Crippen LogP contribution < -0.4 is 0 Å². The van der Waals surface area contributed by atoms with Crippen molar-refractivity contribution in [2.75, 3.05) is 47.5 Å². The van der Waals surface area contributed by atoms with Gasteiger partial charge in [0, 0.05) is 12.8 Å². The molecule has 0 saturated carbocycles. The molecule has 9 heteroatoms. The van der Waals surface area contributed by atoms with E-state index in [0.717, 1.165) is 116 Å². The Balaban J connectivity index is 4.10. The number of carboxylic acids is 1. The first-order valence-electron chi connectivity index (χ1n) is 39.0. The van der Waals surface area contributed by atoms with E-state index < -0.39 is 24.3 Å². The quantitative estimate of drug-likeness (QED) is 0.0211. The number of carbonyl (C=O) groups excluding carboxylic acids is 2. The number of nitrogens with zero attached hydrogens (tertiary/aromatic N) is 1. The van der Waals surface area contributed by atoms with Crippen molar-refractivity contribution in [3.8, 4) is 0 Å². The van der Waals surface area contributed by atoms with E-state index in [1.165, 1.54) is 173 Å². The summed E-state index contributed by atoms with van der Waals surface area (Å²) >= 11 is 0. The number of ether oxygens (including phenoxy) is 4. The lowest BCUT2D eigenvalue weighted by atomic mass is 10.0. The SMILES string of the molecule is CC/C=C\C/C=C\C/C=C\C/C=C\C/C=C\C/C=C\C/C=C\C/C=C\C/C=C\CCCCCCCCCCCCCC(=O)OC(COC(=O)CCCCCCCCCCCCCCCCCC/C=C\C/C=C\C/C=C\CCCCCCC)COC(OCC[N+](C)(C)C)C(=O)O. The van der Waals surface area contributed by atoms with Crippen LogP contribution in [0.15, 0.2) is 146 Å². The second-order valence-electron chi connectivity index (χ2n) is 26.9. The maximum absolute atomic E-state index is 13.0. The number of rotatable bonds is 71. The van der Waals surface area contributed by atoms with Crippen LogP contribution in [-0.4, -0.2) is 87.4 Å². The predicted molar refractivity (Wildman–Crippen MR) is 410 cm³/mol. The van der Waals surface area contributed by atoms with E-state index in [2.05, 4.69) is 160 Å². The fourth-order valence-corrected chi connectivity index (χ4v) is 10.7. The van der Waals surface area contributed by atoms with E-state index in [4.69, 9.17) is 18.9 Å². The number of unbranched alkanes of at least 4 members (excludes halogenated alkanes) is 32. The van der Waals surface area contributed by atoms with Gasteiger partial charge in [-0.3, -0.25) is 9.59 Å². The van der Waals surface area contributed by atoms with Gasteiger partial charge in [0.25, 0.3) is 6.29 Å². The molecular weight excluding hydrogens is 1170 g/mol. The van der Waals surface area contributed by atoms with Gasteiger partial charge in [-0.15, -0.1) is 0 Å². The summed E-state index contributed by atoms with van der Waals surface area (Å²) in [5.41, 5.74) is 0. The van der Waals surface area contributed by atoms with Crippen LogP contribution in [0.2, 0.25) is 0 Å². The highest BCUT2D eigenvalue weighted by Crippen LogP contribution is 2.17.